The molecule has 0 spiro atoms. The Kier molecular flexibility index (Phi) is 5.99. The van der Waals surface area contributed by atoms with Gasteiger partial charge < -0.3 is 19.5 Å². The van der Waals surface area contributed by atoms with Gasteiger partial charge in [-0.1, -0.05) is 47.6 Å². The quantitative estimate of drug-likeness (QED) is 0.458. The van der Waals surface area contributed by atoms with E-state index in [2.05, 4.69) is 10.5 Å². The molecule has 1 aliphatic rings. The van der Waals surface area contributed by atoms with Gasteiger partial charge in [0.15, 0.2) is 5.76 Å². The number of benzene rings is 3. The SMILES string of the molecule is COc1ccccc1NC(=O)C1CCN(C(=O)c2ccc3noc(-c4ccccc4)c3c2)CC1. The molecule has 2 amide bonds. The van der Waals surface area contributed by atoms with E-state index in [1.54, 1.807) is 13.2 Å². The molecular formula is C27H25N3O4. The van der Waals surface area contributed by atoms with E-state index in [0.29, 0.717) is 54.2 Å². The fourth-order valence-electron chi connectivity index (χ4n) is 4.38. The van der Waals surface area contributed by atoms with Gasteiger partial charge in [-0.05, 0) is 43.2 Å². The van der Waals surface area contributed by atoms with E-state index in [9.17, 15) is 9.59 Å². The summed E-state index contributed by atoms with van der Waals surface area (Å²) in [5.41, 5.74) is 2.87. The van der Waals surface area contributed by atoms with Crippen LogP contribution in [-0.2, 0) is 4.79 Å². The minimum absolute atomic E-state index is 0.0463. The second-order valence-corrected chi connectivity index (χ2v) is 8.37. The van der Waals surface area contributed by atoms with Crippen LogP contribution in [0.25, 0.3) is 22.2 Å². The molecule has 1 saturated heterocycles. The van der Waals surface area contributed by atoms with E-state index in [0.717, 1.165) is 10.9 Å². The molecule has 2 heterocycles. The van der Waals surface area contributed by atoms with Crippen LogP contribution in [0.2, 0.25) is 0 Å². The van der Waals surface area contributed by atoms with Crippen LogP contribution < -0.4 is 10.1 Å². The van der Waals surface area contributed by atoms with Gasteiger partial charge in [-0.3, -0.25) is 9.59 Å². The third-order valence-electron chi connectivity index (χ3n) is 6.28. The highest BCUT2D eigenvalue weighted by atomic mass is 16.5. The number of likely N-dealkylation sites (tertiary alicyclic amines) is 1. The number of carbonyl (C=O) groups excluding carboxylic acids is 2. The standard InChI is InChI=1S/C27H25N3O4/c1-33-24-10-6-5-9-23(24)28-26(31)19-13-15-30(16-14-19)27(32)20-11-12-22-21(17-20)25(34-29-22)18-7-3-2-4-8-18/h2-12,17,19H,13-16H2,1H3,(H,28,31). The lowest BCUT2D eigenvalue weighted by atomic mass is 9.95. The Labute approximate surface area is 197 Å². The average Bonchev–Trinajstić information content (AvgIpc) is 3.32. The number of para-hydroxylation sites is 2. The number of nitrogens with one attached hydrogen (secondary N) is 1. The Morgan fingerprint density at radius 1 is 1.00 bits per heavy atom. The van der Waals surface area contributed by atoms with Gasteiger partial charge in [-0.25, -0.2) is 0 Å². The van der Waals surface area contributed by atoms with Crippen LogP contribution in [0.4, 0.5) is 5.69 Å². The van der Waals surface area contributed by atoms with E-state index < -0.39 is 0 Å². The number of rotatable bonds is 5. The number of anilines is 1. The number of piperidine rings is 1. The minimum Gasteiger partial charge on any atom is -0.495 e. The lowest BCUT2D eigenvalue weighted by Gasteiger charge is -2.31. The molecule has 5 rings (SSSR count). The highest BCUT2D eigenvalue weighted by Crippen LogP contribution is 2.30. The van der Waals surface area contributed by atoms with Crippen LogP contribution in [0.3, 0.4) is 0 Å². The van der Waals surface area contributed by atoms with E-state index in [4.69, 9.17) is 9.26 Å². The topological polar surface area (TPSA) is 84.7 Å². The number of hydrogen-bond donors (Lipinski definition) is 1. The summed E-state index contributed by atoms with van der Waals surface area (Å²) in [5, 5.41) is 7.90. The zero-order chi connectivity index (χ0) is 23.5. The Hall–Kier alpha value is -4.13. The number of ether oxygens (including phenoxy) is 1. The summed E-state index contributed by atoms with van der Waals surface area (Å²) < 4.78 is 10.9. The van der Waals surface area contributed by atoms with Crippen molar-refractivity contribution in [2.75, 3.05) is 25.5 Å². The highest BCUT2D eigenvalue weighted by molar-refractivity contribution is 6.01. The van der Waals surface area contributed by atoms with E-state index in [-0.39, 0.29) is 17.7 Å². The molecule has 1 fully saturated rings. The summed E-state index contributed by atoms with van der Waals surface area (Å²) in [5.74, 6) is 1.03. The molecule has 7 heteroatoms. The first-order valence-electron chi connectivity index (χ1n) is 11.3. The molecule has 0 unspecified atom stereocenters. The monoisotopic (exact) mass is 455 g/mol. The molecule has 7 nitrogen and oxygen atoms in total. The van der Waals surface area contributed by atoms with Crippen molar-refractivity contribution in [3.63, 3.8) is 0 Å². The first-order chi connectivity index (χ1) is 16.6. The summed E-state index contributed by atoms with van der Waals surface area (Å²) >= 11 is 0. The Morgan fingerprint density at radius 3 is 2.50 bits per heavy atom. The molecule has 0 radical (unpaired) electrons. The van der Waals surface area contributed by atoms with Crippen molar-refractivity contribution in [1.82, 2.24) is 10.1 Å². The van der Waals surface area contributed by atoms with Crippen LogP contribution in [0.1, 0.15) is 23.2 Å². The number of fused-ring (bicyclic) bond motifs is 1. The number of hydrogen-bond acceptors (Lipinski definition) is 5. The summed E-state index contributed by atoms with van der Waals surface area (Å²) in [6.07, 6.45) is 1.22. The van der Waals surface area contributed by atoms with Crippen molar-refractivity contribution in [3.05, 3.63) is 78.4 Å². The Morgan fingerprint density at radius 2 is 1.74 bits per heavy atom. The number of aromatic nitrogens is 1. The van der Waals surface area contributed by atoms with E-state index >= 15 is 0 Å². The fraction of sp³-hybridized carbons (Fsp3) is 0.222. The predicted molar refractivity (Wildman–Crippen MR) is 130 cm³/mol. The van der Waals surface area contributed by atoms with Gasteiger partial charge in [-0.2, -0.15) is 0 Å². The number of methoxy groups -OCH3 is 1. The molecular weight excluding hydrogens is 430 g/mol. The van der Waals surface area contributed by atoms with Gasteiger partial charge in [0.05, 0.1) is 18.2 Å². The molecule has 4 aromatic rings. The van der Waals surface area contributed by atoms with Crippen molar-refractivity contribution < 1.29 is 18.8 Å². The second-order valence-electron chi connectivity index (χ2n) is 8.37. The Balaban J connectivity index is 1.26. The fourth-order valence-corrected chi connectivity index (χ4v) is 4.38. The molecule has 0 saturated carbocycles. The predicted octanol–water partition coefficient (Wildman–Crippen LogP) is 4.99. The number of carbonyl (C=O) groups is 2. The number of nitrogens with zero attached hydrogens (tertiary/aromatic N) is 2. The van der Waals surface area contributed by atoms with Crippen molar-refractivity contribution in [1.29, 1.82) is 0 Å². The Bertz CT molecular complexity index is 1320. The van der Waals surface area contributed by atoms with Crippen LogP contribution in [-0.4, -0.2) is 42.1 Å². The summed E-state index contributed by atoms with van der Waals surface area (Å²) in [4.78, 5) is 27.8. The van der Waals surface area contributed by atoms with Crippen LogP contribution >= 0.6 is 0 Å². The van der Waals surface area contributed by atoms with Gasteiger partial charge in [0.2, 0.25) is 5.91 Å². The molecule has 0 atom stereocenters. The van der Waals surface area contributed by atoms with Crippen molar-refractivity contribution in [2.45, 2.75) is 12.8 Å². The van der Waals surface area contributed by atoms with Gasteiger partial charge in [0.25, 0.3) is 5.91 Å². The molecule has 0 bridgehead atoms. The first kappa shape index (κ1) is 21.7. The molecule has 172 valence electrons. The third-order valence-corrected chi connectivity index (χ3v) is 6.28. The summed E-state index contributed by atoms with van der Waals surface area (Å²) in [6, 6.07) is 22.5. The van der Waals surface area contributed by atoms with E-state index in [1.807, 2.05) is 71.6 Å². The van der Waals surface area contributed by atoms with Crippen LogP contribution in [0.15, 0.2) is 77.3 Å². The molecule has 34 heavy (non-hydrogen) atoms. The van der Waals surface area contributed by atoms with E-state index in [1.165, 1.54) is 0 Å². The maximum Gasteiger partial charge on any atom is 0.253 e. The van der Waals surface area contributed by atoms with Gasteiger partial charge in [0, 0.05) is 30.1 Å². The normalized spacial score (nSPS) is 14.2. The van der Waals surface area contributed by atoms with Crippen LogP contribution in [0.5, 0.6) is 5.75 Å². The largest absolute Gasteiger partial charge is 0.495 e. The summed E-state index contributed by atoms with van der Waals surface area (Å²) in [6.45, 7) is 1.05. The smallest absolute Gasteiger partial charge is 0.253 e. The zero-order valence-electron chi connectivity index (χ0n) is 18.9. The van der Waals surface area contributed by atoms with Gasteiger partial charge in [0.1, 0.15) is 11.3 Å². The maximum absolute atomic E-state index is 13.2. The number of amides is 2. The second kappa shape index (κ2) is 9.39. The first-order valence-corrected chi connectivity index (χ1v) is 11.3. The molecule has 1 N–H and O–H groups in total. The lowest BCUT2D eigenvalue weighted by Crippen LogP contribution is -2.41. The zero-order valence-corrected chi connectivity index (χ0v) is 18.9. The van der Waals surface area contributed by atoms with Crippen molar-refractivity contribution in [2.24, 2.45) is 5.92 Å². The molecule has 3 aromatic carbocycles. The lowest BCUT2D eigenvalue weighted by molar-refractivity contribution is -0.121. The van der Waals surface area contributed by atoms with Crippen molar-refractivity contribution in [3.8, 4) is 17.1 Å². The van der Waals surface area contributed by atoms with Gasteiger partial charge >= 0.3 is 0 Å². The molecule has 1 aliphatic heterocycles. The summed E-state index contributed by atoms with van der Waals surface area (Å²) in [7, 11) is 1.58. The third kappa shape index (κ3) is 4.24. The van der Waals surface area contributed by atoms with Gasteiger partial charge in [-0.15, -0.1) is 0 Å². The van der Waals surface area contributed by atoms with Crippen LogP contribution in [0, 0.1) is 5.92 Å². The molecule has 0 aliphatic carbocycles. The average molecular weight is 456 g/mol. The minimum atomic E-state index is -0.154. The highest BCUT2D eigenvalue weighted by Gasteiger charge is 2.28. The maximum atomic E-state index is 13.2. The van der Waals surface area contributed by atoms with Crippen molar-refractivity contribution >= 4 is 28.4 Å². The molecule has 1 aromatic heterocycles.